The average molecular weight is 833 g/mol. The molecule has 2 heterocycles. The largest absolute Gasteiger partial charge is 0.508 e. The van der Waals surface area contributed by atoms with Crippen LogP contribution in [0.1, 0.15) is 24.3 Å². The molecular weight excluding hydrogens is 813 g/mol. The van der Waals surface area contributed by atoms with Crippen LogP contribution in [0.4, 0.5) is 33.3 Å². The van der Waals surface area contributed by atoms with Crippen molar-refractivity contribution in [2.45, 2.75) is 28.5 Å². The van der Waals surface area contributed by atoms with Crippen LogP contribution in [-0.2, 0) is 19.2 Å². The van der Waals surface area contributed by atoms with Crippen LogP contribution < -0.4 is 14.5 Å². The Morgan fingerprint density at radius 1 is 0.837 bits per heavy atom. The maximum atomic E-state index is 15.2. The van der Waals surface area contributed by atoms with Crippen molar-refractivity contribution >= 4 is 80.8 Å². The second-order valence-corrected chi connectivity index (χ2v) is 14.6. The van der Waals surface area contributed by atoms with Crippen molar-refractivity contribution in [2.75, 3.05) is 16.9 Å². The van der Waals surface area contributed by atoms with Crippen LogP contribution in [0.2, 0.25) is 0 Å². The van der Waals surface area contributed by atoms with E-state index >= 15 is 8.78 Å². The molecule has 0 unspecified atom stereocenters. The Morgan fingerprint density at radius 3 is 2.06 bits per heavy atom. The van der Waals surface area contributed by atoms with Gasteiger partial charge in [0, 0.05) is 15.1 Å². The SMILES string of the molecule is COc1cccc(O)c1[C@H]1C2=CC[C@@H]3C(=O)N(c4ccc(I)cc4)C(=O)[C@@H]3[C@@H]2C[C@@]2(Cl)C(=O)N(c3c(F)c(F)c(F)c(F)c3F)C(=O)[C@@]12Cl. The third-order valence-corrected chi connectivity index (χ3v) is 12.0. The summed E-state index contributed by atoms with van der Waals surface area (Å²) >= 11 is 16.3. The number of allylic oxidation sites excluding steroid dienone is 2. The van der Waals surface area contributed by atoms with Gasteiger partial charge in [0.1, 0.15) is 17.2 Å². The highest BCUT2D eigenvalue weighted by atomic mass is 127. The first-order valence-electron chi connectivity index (χ1n) is 14.6. The number of rotatable bonds is 4. The third kappa shape index (κ3) is 4.32. The Bertz CT molecular complexity index is 2040. The molecule has 3 aromatic rings. The van der Waals surface area contributed by atoms with E-state index in [1.807, 2.05) is 0 Å². The van der Waals surface area contributed by atoms with Crippen molar-refractivity contribution in [2.24, 2.45) is 17.8 Å². The van der Waals surface area contributed by atoms with E-state index < -0.39 is 104 Å². The van der Waals surface area contributed by atoms with E-state index in [1.54, 1.807) is 24.3 Å². The number of hydrogen-bond donors (Lipinski definition) is 1. The number of phenols is 1. The molecule has 2 aliphatic carbocycles. The molecule has 4 amide bonds. The first kappa shape index (κ1) is 33.7. The van der Waals surface area contributed by atoms with Crippen LogP contribution in [-0.4, -0.2) is 45.6 Å². The molecule has 7 rings (SSSR count). The summed E-state index contributed by atoms with van der Waals surface area (Å²) in [5.41, 5.74) is -1.64. The number of amides is 4. The van der Waals surface area contributed by atoms with Crippen molar-refractivity contribution < 1.29 is 51.0 Å². The number of anilines is 2. The Labute approximate surface area is 297 Å². The standard InChI is InChI=1S/C33H20Cl2F5IN2O6/c1-49-18-4-2-3-17(44)20(18)21-14-9-10-15-19(29(46)42(28(15)45)13-7-5-12(41)6-8-13)16(14)11-32(34)30(47)43(31(48)33(21,32)35)27-25(39)23(37)22(36)24(38)26(27)40/h2-9,15-16,19,21,44H,10-11H2,1H3/t15-,16+,19-,21+,32+,33-/m0/s1. The molecule has 3 fully saturated rings. The van der Waals surface area contributed by atoms with Crippen LogP contribution in [0, 0.1) is 50.4 Å². The zero-order valence-corrected chi connectivity index (χ0v) is 28.4. The molecule has 16 heteroatoms. The van der Waals surface area contributed by atoms with E-state index in [4.69, 9.17) is 27.9 Å². The number of imide groups is 2. The molecule has 2 saturated heterocycles. The lowest BCUT2D eigenvalue weighted by Crippen LogP contribution is -2.60. The molecule has 3 aromatic carbocycles. The molecule has 4 aliphatic rings. The van der Waals surface area contributed by atoms with Gasteiger partial charge in [0.2, 0.25) is 17.6 Å². The number of carbonyl (C=O) groups excluding carboxylic acids is 4. The Morgan fingerprint density at radius 2 is 1.45 bits per heavy atom. The maximum Gasteiger partial charge on any atom is 0.258 e. The predicted octanol–water partition coefficient (Wildman–Crippen LogP) is 6.47. The van der Waals surface area contributed by atoms with Gasteiger partial charge in [-0.25, -0.2) is 26.9 Å². The Hall–Kier alpha value is -3.76. The summed E-state index contributed by atoms with van der Waals surface area (Å²) in [6, 6.07) is 10.5. The van der Waals surface area contributed by atoms with Gasteiger partial charge in [0.15, 0.2) is 33.0 Å². The summed E-state index contributed by atoms with van der Waals surface area (Å²) in [6.07, 6.45) is 0.804. The van der Waals surface area contributed by atoms with Crippen molar-refractivity contribution in [1.82, 2.24) is 0 Å². The summed E-state index contributed by atoms with van der Waals surface area (Å²) in [4.78, 5) is 51.8. The number of fused-ring (bicyclic) bond motifs is 4. The lowest BCUT2D eigenvalue weighted by atomic mass is 9.56. The minimum Gasteiger partial charge on any atom is -0.508 e. The number of carbonyl (C=O) groups is 4. The fraction of sp³-hybridized carbons (Fsp3) is 0.273. The Balaban J connectivity index is 1.46. The highest BCUT2D eigenvalue weighted by molar-refractivity contribution is 14.1. The van der Waals surface area contributed by atoms with Gasteiger partial charge < -0.3 is 9.84 Å². The number of hydrogen-bond acceptors (Lipinski definition) is 6. The number of alkyl halides is 2. The van der Waals surface area contributed by atoms with Crippen LogP contribution in [0.15, 0.2) is 54.1 Å². The fourth-order valence-electron chi connectivity index (χ4n) is 7.73. The molecule has 0 spiro atoms. The predicted molar refractivity (Wildman–Crippen MR) is 173 cm³/mol. The fourth-order valence-corrected chi connectivity index (χ4v) is 9.01. The average Bonchev–Trinajstić information content (AvgIpc) is 3.42. The lowest BCUT2D eigenvalue weighted by molar-refractivity contribution is -0.125. The normalized spacial score (nSPS) is 29.2. The molecule has 0 radical (unpaired) electrons. The van der Waals surface area contributed by atoms with E-state index in [1.165, 1.54) is 31.4 Å². The molecule has 49 heavy (non-hydrogen) atoms. The first-order chi connectivity index (χ1) is 23.1. The second kappa shape index (κ2) is 11.4. The number of methoxy groups -OCH3 is 1. The van der Waals surface area contributed by atoms with Crippen molar-refractivity contribution in [1.29, 1.82) is 0 Å². The van der Waals surface area contributed by atoms with Gasteiger partial charge in [0.05, 0.1) is 24.6 Å². The van der Waals surface area contributed by atoms with Crippen LogP contribution in [0.5, 0.6) is 11.5 Å². The topological polar surface area (TPSA) is 104 Å². The van der Waals surface area contributed by atoms with Gasteiger partial charge in [-0.1, -0.05) is 17.7 Å². The number of aromatic hydroxyl groups is 1. The number of phenolic OH excluding ortho intramolecular Hbond substituents is 1. The van der Waals surface area contributed by atoms with E-state index in [2.05, 4.69) is 22.6 Å². The summed E-state index contributed by atoms with van der Waals surface area (Å²) < 4.78 is 79.6. The third-order valence-electron chi connectivity index (χ3n) is 9.86. The number of ether oxygens (including phenoxy) is 1. The molecule has 8 nitrogen and oxygen atoms in total. The van der Waals surface area contributed by atoms with E-state index in [-0.39, 0.29) is 33.9 Å². The minimum atomic E-state index is -2.80. The summed E-state index contributed by atoms with van der Waals surface area (Å²) in [5.74, 6) is -22.4. The number of nitrogens with zero attached hydrogens (tertiary/aromatic N) is 2. The first-order valence-corrected chi connectivity index (χ1v) is 16.4. The van der Waals surface area contributed by atoms with Gasteiger partial charge in [-0.05, 0) is 77.7 Å². The minimum absolute atomic E-state index is 0.0555. The zero-order chi connectivity index (χ0) is 35.5. The zero-order valence-electron chi connectivity index (χ0n) is 24.7. The van der Waals surface area contributed by atoms with Gasteiger partial charge >= 0.3 is 0 Å². The van der Waals surface area contributed by atoms with Crippen molar-refractivity contribution in [3.05, 3.63) is 92.3 Å². The van der Waals surface area contributed by atoms with Crippen molar-refractivity contribution in [3.8, 4) is 11.5 Å². The number of benzene rings is 3. The molecular formula is C33H20Cl2F5IN2O6. The summed E-state index contributed by atoms with van der Waals surface area (Å²) in [5, 5.41) is 11.2. The van der Waals surface area contributed by atoms with Gasteiger partial charge in [0.25, 0.3) is 11.8 Å². The molecule has 6 atom stereocenters. The quantitative estimate of drug-likeness (QED) is 0.0616. The Kier molecular flexibility index (Phi) is 7.83. The van der Waals surface area contributed by atoms with E-state index in [0.717, 1.165) is 8.47 Å². The van der Waals surface area contributed by atoms with Gasteiger partial charge in [-0.15, -0.1) is 23.2 Å². The van der Waals surface area contributed by atoms with Gasteiger partial charge in [-0.3, -0.25) is 24.1 Å². The lowest BCUT2D eigenvalue weighted by Gasteiger charge is -2.50. The highest BCUT2D eigenvalue weighted by Gasteiger charge is 2.77. The van der Waals surface area contributed by atoms with E-state index in [0.29, 0.717) is 0 Å². The summed E-state index contributed by atoms with van der Waals surface area (Å²) in [7, 11) is 1.22. The molecule has 1 saturated carbocycles. The van der Waals surface area contributed by atoms with E-state index in [9.17, 15) is 37.5 Å². The smallest absolute Gasteiger partial charge is 0.258 e. The van der Waals surface area contributed by atoms with Crippen molar-refractivity contribution in [3.63, 3.8) is 0 Å². The molecule has 0 aromatic heterocycles. The molecule has 2 aliphatic heterocycles. The molecule has 254 valence electrons. The second-order valence-electron chi connectivity index (χ2n) is 12.1. The number of halogens is 8. The molecule has 1 N–H and O–H groups in total. The van der Waals surface area contributed by atoms with Crippen LogP contribution >= 0.6 is 45.8 Å². The highest BCUT2D eigenvalue weighted by Crippen LogP contribution is 2.67. The van der Waals surface area contributed by atoms with Gasteiger partial charge in [-0.2, -0.15) is 0 Å². The summed E-state index contributed by atoms with van der Waals surface area (Å²) in [6.45, 7) is 0. The van der Waals surface area contributed by atoms with Crippen LogP contribution in [0.3, 0.4) is 0 Å². The molecule has 0 bridgehead atoms. The van der Waals surface area contributed by atoms with Crippen LogP contribution in [0.25, 0.3) is 0 Å². The maximum absolute atomic E-state index is 15.2. The monoisotopic (exact) mass is 832 g/mol.